The van der Waals surface area contributed by atoms with Gasteiger partial charge in [-0.05, 0) is 25.7 Å². The number of fused-ring (bicyclic) bond motifs is 3. The Bertz CT molecular complexity index is 169. The Morgan fingerprint density at radius 3 is 2.36 bits per heavy atom. The molecule has 0 atom stereocenters. The second-order valence-electron chi connectivity index (χ2n) is 3.65. The first kappa shape index (κ1) is 7.10. The van der Waals surface area contributed by atoms with E-state index in [1.54, 1.807) is 0 Å². The van der Waals surface area contributed by atoms with Crippen molar-refractivity contribution in [3.05, 3.63) is 0 Å². The highest BCUT2D eigenvalue weighted by Gasteiger charge is 2.45. The van der Waals surface area contributed by atoms with E-state index in [9.17, 15) is 4.79 Å². The van der Waals surface area contributed by atoms with Crippen LogP contribution in [0.2, 0.25) is 0 Å². The summed E-state index contributed by atoms with van der Waals surface area (Å²) in [6.45, 7) is 0.562. The van der Waals surface area contributed by atoms with E-state index in [1.807, 2.05) is 0 Å². The predicted molar refractivity (Wildman–Crippen MR) is 39.8 cm³/mol. The number of hydrogen-bond donors (Lipinski definition) is 1. The van der Waals surface area contributed by atoms with Gasteiger partial charge in [0.25, 0.3) is 0 Å². The van der Waals surface area contributed by atoms with Crippen molar-refractivity contribution in [3.63, 3.8) is 0 Å². The third-order valence-corrected chi connectivity index (χ3v) is 3.01. The number of hydrogen-bond acceptors (Lipinski definition) is 2. The lowest BCUT2D eigenvalue weighted by atomic mass is 9.71. The van der Waals surface area contributed by atoms with Crippen molar-refractivity contribution >= 4 is 5.91 Å². The van der Waals surface area contributed by atoms with E-state index in [2.05, 4.69) is 0 Å². The zero-order valence-electron chi connectivity index (χ0n) is 6.51. The lowest BCUT2D eigenvalue weighted by Crippen LogP contribution is -2.50. The van der Waals surface area contributed by atoms with Crippen LogP contribution >= 0.6 is 0 Å². The van der Waals surface area contributed by atoms with Crippen LogP contribution in [0.3, 0.4) is 0 Å². The van der Waals surface area contributed by atoms with Crippen molar-refractivity contribution in [2.24, 2.45) is 11.1 Å². The quantitative estimate of drug-likeness (QED) is 0.597. The maximum absolute atomic E-state index is 11.1. The normalized spacial score (nSPS) is 42.4. The van der Waals surface area contributed by atoms with Gasteiger partial charge in [-0.3, -0.25) is 4.79 Å². The topological polar surface area (TPSA) is 52.3 Å². The molecule has 3 fully saturated rings. The monoisotopic (exact) mass is 155 g/mol. The van der Waals surface area contributed by atoms with Gasteiger partial charge in [0.15, 0.2) is 0 Å². The van der Waals surface area contributed by atoms with Crippen molar-refractivity contribution in [2.45, 2.75) is 31.8 Å². The molecular weight excluding hydrogens is 142 g/mol. The highest BCUT2D eigenvalue weighted by molar-refractivity contribution is 5.81. The van der Waals surface area contributed by atoms with Crippen LogP contribution in [0, 0.1) is 5.41 Å². The molecule has 1 aliphatic carbocycles. The van der Waals surface area contributed by atoms with Crippen LogP contribution in [0.25, 0.3) is 0 Å². The first-order valence-corrected chi connectivity index (χ1v) is 4.14. The van der Waals surface area contributed by atoms with Gasteiger partial charge >= 0.3 is 0 Å². The summed E-state index contributed by atoms with van der Waals surface area (Å²) in [4.78, 5) is 11.1. The minimum absolute atomic E-state index is 0.171. The van der Waals surface area contributed by atoms with E-state index in [-0.39, 0.29) is 11.3 Å². The third-order valence-electron chi connectivity index (χ3n) is 3.01. The molecule has 1 amide bonds. The van der Waals surface area contributed by atoms with Gasteiger partial charge in [0, 0.05) is 0 Å². The summed E-state index contributed by atoms with van der Waals surface area (Å²) < 4.78 is 5.44. The van der Waals surface area contributed by atoms with Crippen molar-refractivity contribution in [1.82, 2.24) is 0 Å². The standard InChI is InChI=1S/C8H13NO2/c9-7(10)8-3-1-6(2-4-8)11-5-8/h6H,1-5H2,(H2,9,10). The van der Waals surface area contributed by atoms with Gasteiger partial charge < -0.3 is 10.5 Å². The summed E-state index contributed by atoms with van der Waals surface area (Å²) in [6, 6.07) is 0. The van der Waals surface area contributed by atoms with Crippen molar-refractivity contribution in [1.29, 1.82) is 0 Å². The smallest absolute Gasteiger partial charge is 0.225 e. The molecule has 3 nitrogen and oxygen atoms in total. The summed E-state index contributed by atoms with van der Waals surface area (Å²) in [6.07, 6.45) is 4.32. The molecule has 0 aromatic rings. The molecule has 2 heterocycles. The number of primary amides is 1. The van der Waals surface area contributed by atoms with Gasteiger partial charge in [-0.2, -0.15) is 0 Å². The SMILES string of the molecule is NC(=O)C12CCC(CC1)OC2. The van der Waals surface area contributed by atoms with Crippen LogP contribution in [-0.4, -0.2) is 18.6 Å². The van der Waals surface area contributed by atoms with Crippen molar-refractivity contribution < 1.29 is 9.53 Å². The molecule has 2 aliphatic heterocycles. The minimum Gasteiger partial charge on any atom is -0.377 e. The maximum Gasteiger partial charge on any atom is 0.225 e. The molecule has 62 valence electrons. The van der Waals surface area contributed by atoms with Crippen molar-refractivity contribution in [2.75, 3.05) is 6.61 Å². The van der Waals surface area contributed by atoms with E-state index in [1.165, 1.54) is 0 Å². The Kier molecular flexibility index (Phi) is 1.42. The predicted octanol–water partition coefficient (Wildman–Crippen LogP) is 0.431. The Morgan fingerprint density at radius 2 is 2.09 bits per heavy atom. The van der Waals surface area contributed by atoms with Gasteiger partial charge in [0.1, 0.15) is 0 Å². The molecule has 0 radical (unpaired) electrons. The summed E-state index contributed by atoms with van der Waals surface area (Å²) >= 11 is 0. The molecule has 0 aromatic carbocycles. The summed E-state index contributed by atoms with van der Waals surface area (Å²) in [5, 5.41) is 0. The average Bonchev–Trinajstić information content (AvgIpc) is 2.08. The summed E-state index contributed by atoms with van der Waals surface area (Å²) in [7, 11) is 0. The van der Waals surface area contributed by atoms with Gasteiger partial charge in [0.05, 0.1) is 18.1 Å². The van der Waals surface area contributed by atoms with Gasteiger partial charge in [-0.25, -0.2) is 0 Å². The van der Waals surface area contributed by atoms with Crippen LogP contribution in [-0.2, 0) is 9.53 Å². The number of amides is 1. The summed E-state index contributed by atoms with van der Waals surface area (Å²) in [5.74, 6) is -0.171. The van der Waals surface area contributed by atoms with Gasteiger partial charge in [-0.15, -0.1) is 0 Å². The van der Waals surface area contributed by atoms with Crippen molar-refractivity contribution in [3.8, 4) is 0 Å². The fourth-order valence-electron chi connectivity index (χ4n) is 2.05. The molecule has 3 aliphatic rings. The summed E-state index contributed by atoms with van der Waals surface area (Å²) in [5.41, 5.74) is 5.02. The fourth-order valence-corrected chi connectivity index (χ4v) is 2.05. The molecule has 0 unspecified atom stereocenters. The number of nitrogens with two attached hydrogens (primary N) is 1. The minimum atomic E-state index is -0.297. The molecular formula is C8H13NO2. The van der Waals surface area contributed by atoms with E-state index in [0.29, 0.717) is 12.7 Å². The lowest BCUT2D eigenvalue weighted by molar-refractivity contribution is -0.154. The first-order chi connectivity index (χ1) is 5.23. The highest BCUT2D eigenvalue weighted by atomic mass is 16.5. The van der Waals surface area contributed by atoms with Crippen LogP contribution in [0.5, 0.6) is 0 Å². The molecule has 2 saturated heterocycles. The Balaban J connectivity index is 2.18. The van der Waals surface area contributed by atoms with Crippen LogP contribution in [0.4, 0.5) is 0 Å². The second kappa shape index (κ2) is 2.21. The van der Waals surface area contributed by atoms with Gasteiger partial charge in [0.2, 0.25) is 5.91 Å². The van der Waals surface area contributed by atoms with E-state index >= 15 is 0 Å². The Hall–Kier alpha value is -0.570. The largest absolute Gasteiger partial charge is 0.377 e. The molecule has 1 saturated carbocycles. The maximum atomic E-state index is 11.1. The molecule has 3 heteroatoms. The zero-order valence-corrected chi connectivity index (χ0v) is 6.51. The molecule has 2 bridgehead atoms. The number of carbonyl (C=O) groups is 1. The number of carbonyl (C=O) groups excluding carboxylic acids is 1. The lowest BCUT2D eigenvalue weighted by Gasteiger charge is -2.43. The molecule has 2 N–H and O–H groups in total. The highest BCUT2D eigenvalue weighted by Crippen LogP contribution is 2.42. The molecule has 11 heavy (non-hydrogen) atoms. The Labute approximate surface area is 65.9 Å². The second-order valence-corrected chi connectivity index (χ2v) is 3.65. The number of ether oxygens (including phenoxy) is 1. The Morgan fingerprint density at radius 1 is 1.45 bits per heavy atom. The molecule has 3 rings (SSSR count). The zero-order chi connectivity index (χ0) is 7.90. The van der Waals surface area contributed by atoms with Gasteiger partial charge in [-0.1, -0.05) is 0 Å². The third kappa shape index (κ3) is 0.948. The van der Waals surface area contributed by atoms with E-state index in [0.717, 1.165) is 25.7 Å². The average molecular weight is 155 g/mol. The number of rotatable bonds is 1. The van der Waals surface area contributed by atoms with E-state index < -0.39 is 0 Å². The molecule has 0 spiro atoms. The van der Waals surface area contributed by atoms with Crippen LogP contribution in [0.15, 0.2) is 0 Å². The van der Waals surface area contributed by atoms with E-state index in [4.69, 9.17) is 10.5 Å². The first-order valence-electron chi connectivity index (χ1n) is 4.14. The van der Waals surface area contributed by atoms with Crippen LogP contribution in [0.1, 0.15) is 25.7 Å². The fraction of sp³-hybridized carbons (Fsp3) is 0.875. The molecule has 0 aromatic heterocycles. The van der Waals surface area contributed by atoms with Crippen LogP contribution < -0.4 is 5.73 Å².